The van der Waals surface area contributed by atoms with E-state index in [9.17, 15) is 0 Å². The van der Waals surface area contributed by atoms with Crippen LogP contribution in [0.1, 0.15) is 36.1 Å². The van der Waals surface area contributed by atoms with Crippen molar-refractivity contribution in [3.63, 3.8) is 0 Å². The highest BCUT2D eigenvalue weighted by molar-refractivity contribution is 6.19. The Morgan fingerprint density at radius 1 is 0.476 bits per heavy atom. The van der Waals surface area contributed by atoms with Crippen molar-refractivity contribution in [1.82, 2.24) is 0 Å². The van der Waals surface area contributed by atoms with Gasteiger partial charge in [0.2, 0.25) is 0 Å². The smallest absolute Gasteiger partial charge is 0.0468 e. The van der Waals surface area contributed by atoms with Gasteiger partial charge in [0, 0.05) is 22.5 Å². The molecule has 42 heavy (non-hydrogen) atoms. The largest absolute Gasteiger partial charge is 0.310 e. The minimum atomic E-state index is -0.120. The second-order valence-corrected chi connectivity index (χ2v) is 12.4. The van der Waals surface area contributed by atoms with Gasteiger partial charge in [-0.05, 0) is 128 Å². The van der Waals surface area contributed by atoms with Crippen LogP contribution in [-0.4, -0.2) is 0 Å². The first kappa shape index (κ1) is 24.9. The summed E-state index contributed by atoms with van der Waals surface area (Å²) < 4.78 is 0. The molecule has 1 aliphatic rings. The van der Waals surface area contributed by atoms with Crippen molar-refractivity contribution in [2.45, 2.75) is 33.1 Å². The summed E-state index contributed by atoms with van der Waals surface area (Å²) in [6.07, 6.45) is 0. The number of rotatable bonds is 3. The maximum atomic E-state index is 2.46. The van der Waals surface area contributed by atoms with Gasteiger partial charge in [0.05, 0.1) is 0 Å². The van der Waals surface area contributed by atoms with Gasteiger partial charge in [0.1, 0.15) is 0 Å². The molecule has 0 aromatic heterocycles. The summed E-state index contributed by atoms with van der Waals surface area (Å²) >= 11 is 0. The minimum absolute atomic E-state index is 0.120. The third-order valence-electron chi connectivity index (χ3n) is 9.20. The topological polar surface area (TPSA) is 3.24 Å². The molecule has 0 unspecified atom stereocenters. The van der Waals surface area contributed by atoms with E-state index in [0.29, 0.717) is 0 Å². The Labute approximate surface area is 247 Å². The molecule has 0 heterocycles. The first-order chi connectivity index (χ1) is 20.4. The van der Waals surface area contributed by atoms with Crippen molar-refractivity contribution >= 4 is 49.4 Å². The molecule has 0 atom stereocenters. The number of para-hydroxylation sites is 1. The van der Waals surface area contributed by atoms with Gasteiger partial charge in [-0.1, -0.05) is 92.7 Å². The van der Waals surface area contributed by atoms with E-state index in [4.69, 9.17) is 0 Å². The average molecular weight is 540 g/mol. The maximum Gasteiger partial charge on any atom is 0.0468 e. The average Bonchev–Trinajstić information content (AvgIpc) is 3.22. The molecule has 0 amide bonds. The van der Waals surface area contributed by atoms with Crippen molar-refractivity contribution in [2.24, 2.45) is 0 Å². The van der Waals surface area contributed by atoms with Crippen LogP contribution in [0.4, 0.5) is 17.1 Å². The van der Waals surface area contributed by atoms with Gasteiger partial charge in [0.25, 0.3) is 0 Å². The maximum absolute atomic E-state index is 2.46. The quantitative estimate of drug-likeness (QED) is 0.202. The molecular weight excluding hydrogens is 506 g/mol. The Morgan fingerprint density at radius 3 is 1.81 bits per heavy atom. The van der Waals surface area contributed by atoms with E-state index in [1.165, 1.54) is 77.1 Å². The van der Waals surface area contributed by atoms with Crippen LogP contribution in [0.5, 0.6) is 0 Å². The molecule has 7 aromatic rings. The molecular formula is C41H33N. The van der Waals surface area contributed by atoms with Gasteiger partial charge in [0.15, 0.2) is 0 Å². The second kappa shape index (κ2) is 9.06. The monoisotopic (exact) mass is 539 g/mol. The summed E-state index contributed by atoms with van der Waals surface area (Å²) in [6.45, 7) is 9.16. The summed E-state index contributed by atoms with van der Waals surface area (Å²) in [7, 11) is 0. The van der Waals surface area contributed by atoms with Crippen molar-refractivity contribution in [3.8, 4) is 11.1 Å². The Kier molecular flexibility index (Phi) is 5.37. The molecule has 8 rings (SSSR count). The van der Waals surface area contributed by atoms with Gasteiger partial charge in [-0.25, -0.2) is 0 Å². The van der Waals surface area contributed by atoms with Crippen LogP contribution in [0.25, 0.3) is 43.4 Å². The Hall–Kier alpha value is -4.88. The fourth-order valence-electron chi connectivity index (χ4n) is 7.46. The fraction of sp³-hybridized carbons (Fsp3) is 0.122. The number of aryl methyl sites for hydroxylation is 2. The van der Waals surface area contributed by atoms with Crippen LogP contribution in [0.15, 0.2) is 127 Å². The van der Waals surface area contributed by atoms with Gasteiger partial charge >= 0.3 is 0 Å². The van der Waals surface area contributed by atoms with E-state index in [1.807, 2.05) is 0 Å². The van der Waals surface area contributed by atoms with Crippen molar-refractivity contribution < 1.29 is 0 Å². The van der Waals surface area contributed by atoms with Crippen LogP contribution >= 0.6 is 0 Å². The number of fused-ring (bicyclic) bond motifs is 9. The van der Waals surface area contributed by atoms with Crippen LogP contribution < -0.4 is 4.90 Å². The van der Waals surface area contributed by atoms with Crippen molar-refractivity contribution in [1.29, 1.82) is 0 Å². The molecule has 0 bridgehead atoms. The summed E-state index contributed by atoms with van der Waals surface area (Å²) in [6, 6.07) is 47.2. The van der Waals surface area contributed by atoms with E-state index in [-0.39, 0.29) is 5.41 Å². The highest BCUT2D eigenvalue weighted by atomic mass is 15.1. The summed E-state index contributed by atoms with van der Waals surface area (Å²) in [5.74, 6) is 0. The third-order valence-corrected chi connectivity index (χ3v) is 9.20. The number of hydrogen-bond donors (Lipinski definition) is 0. The number of nitrogens with zero attached hydrogens (tertiary/aromatic N) is 1. The third kappa shape index (κ3) is 3.63. The molecule has 0 saturated carbocycles. The van der Waals surface area contributed by atoms with Gasteiger partial charge in [-0.2, -0.15) is 0 Å². The normalized spacial score (nSPS) is 13.4. The zero-order valence-corrected chi connectivity index (χ0v) is 24.6. The summed E-state index contributed by atoms with van der Waals surface area (Å²) in [4.78, 5) is 2.38. The van der Waals surface area contributed by atoms with Gasteiger partial charge in [-0.15, -0.1) is 0 Å². The zero-order valence-electron chi connectivity index (χ0n) is 24.6. The zero-order chi connectivity index (χ0) is 28.6. The lowest BCUT2D eigenvalue weighted by Crippen LogP contribution is -2.15. The summed E-state index contributed by atoms with van der Waals surface area (Å²) in [5, 5.41) is 7.92. The Bertz CT molecular complexity index is 2170. The predicted molar refractivity (Wildman–Crippen MR) is 181 cm³/mol. The lowest BCUT2D eigenvalue weighted by atomic mass is 9.79. The van der Waals surface area contributed by atoms with Gasteiger partial charge in [-0.3, -0.25) is 0 Å². The Balaban J connectivity index is 1.38. The SMILES string of the molecule is Cc1cc(C)cc(N(c2ccccc2)c2ccc3cc4c(cc3c2)C(C)(C)c2c-4c3ccccc3c3ccccc23)c1. The van der Waals surface area contributed by atoms with E-state index in [1.54, 1.807) is 0 Å². The Morgan fingerprint density at radius 2 is 1.10 bits per heavy atom. The molecule has 202 valence electrons. The molecule has 0 aliphatic heterocycles. The molecule has 0 spiro atoms. The first-order valence-electron chi connectivity index (χ1n) is 14.9. The second-order valence-electron chi connectivity index (χ2n) is 12.4. The molecule has 0 radical (unpaired) electrons. The molecule has 1 aliphatic carbocycles. The van der Waals surface area contributed by atoms with E-state index >= 15 is 0 Å². The van der Waals surface area contributed by atoms with Crippen LogP contribution in [0, 0.1) is 13.8 Å². The minimum Gasteiger partial charge on any atom is -0.310 e. The molecule has 1 nitrogen and oxygen atoms in total. The van der Waals surface area contributed by atoms with Crippen molar-refractivity contribution in [2.75, 3.05) is 4.90 Å². The molecule has 1 heteroatoms. The first-order valence-corrected chi connectivity index (χ1v) is 14.9. The standard InChI is InChI=1S/C41H33N/c1-26-20-27(2)22-32(21-26)42(30-12-6-5-7-13-30)31-19-18-28-24-37-38(25-29(28)23-31)41(3,4)40-36-17-11-9-15-34(36)33-14-8-10-16-35(33)39(37)40/h5-25H,1-4H3. The predicted octanol–water partition coefficient (Wildman–Crippen LogP) is 11.5. The van der Waals surface area contributed by atoms with Crippen LogP contribution in [0.2, 0.25) is 0 Å². The van der Waals surface area contributed by atoms with E-state index in [0.717, 1.165) is 5.69 Å². The molecule has 0 saturated heterocycles. The number of anilines is 3. The van der Waals surface area contributed by atoms with Gasteiger partial charge < -0.3 is 4.90 Å². The highest BCUT2D eigenvalue weighted by Crippen LogP contribution is 2.55. The van der Waals surface area contributed by atoms with E-state index < -0.39 is 0 Å². The van der Waals surface area contributed by atoms with Crippen LogP contribution in [-0.2, 0) is 5.41 Å². The lowest BCUT2D eigenvalue weighted by molar-refractivity contribution is 0.667. The molecule has 0 fully saturated rings. The summed E-state index contributed by atoms with van der Waals surface area (Å²) in [5.41, 5.74) is 11.5. The molecule has 7 aromatic carbocycles. The molecule has 0 N–H and O–H groups in total. The number of hydrogen-bond acceptors (Lipinski definition) is 1. The number of benzene rings is 7. The van der Waals surface area contributed by atoms with E-state index in [2.05, 4.69) is 160 Å². The highest BCUT2D eigenvalue weighted by Gasteiger charge is 2.38. The van der Waals surface area contributed by atoms with Crippen molar-refractivity contribution in [3.05, 3.63) is 150 Å². The lowest BCUT2D eigenvalue weighted by Gasteiger charge is -2.27. The van der Waals surface area contributed by atoms with Crippen LogP contribution in [0.3, 0.4) is 0 Å². The fourth-order valence-corrected chi connectivity index (χ4v) is 7.46.